The molecule has 3 aromatic rings. The first-order valence-electron chi connectivity index (χ1n) is 16.3. The first kappa shape index (κ1) is 31.6. The fraction of sp³-hybridized carbons (Fsp3) is 0.514. The summed E-state index contributed by atoms with van der Waals surface area (Å²) < 4.78 is 25.3. The maximum Gasteiger partial charge on any atom is 0.307 e. The largest absolute Gasteiger partial charge is 0.481 e. The van der Waals surface area contributed by atoms with Crippen molar-refractivity contribution in [2.45, 2.75) is 73.1 Å². The molecule has 0 unspecified atom stereocenters. The van der Waals surface area contributed by atoms with E-state index in [1.54, 1.807) is 12.1 Å². The highest BCUT2D eigenvalue weighted by Crippen LogP contribution is 2.43. The Bertz CT molecular complexity index is 1560. The molecule has 4 heterocycles. The van der Waals surface area contributed by atoms with Crippen LogP contribution >= 0.6 is 0 Å². The van der Waals surface area contributed by atoms with Crippen LogP contribution in [0.15, 0.2) is 36.4 Å². The Morgan fingerprint density at radius 3 is 2.56 bits per heavy atom. The fourth-order valence-electron chi connectivity index (χ4n) is 6.92. The number of piperidine rings is 1. The van der Waals surface area contributed by atoms with Gasteiger partial charge < -0.3 is 19.5 Å². The first-order valence-corrected chi connectivity index (χ1v) is 16.3. The number of pyridine rings is 1. The van der Waals surface area contributed by atoms with Gasteiger partial charge in [0, 0.05) is 55.5 Å². The fourth-order valence-corrected chi connectivity index (χ4v) is 6.92. The van der Waals surface area contributed by atoms with Crippen LogP contribution in [0.2, 0.25) is 0 Å². The highest BCUT2D eigenvalue weighted by atomic mass is 19.1. The van der Waals surface area contributed by atoms with Gasteiger partial charge in [0.25, 0.3) is 0 Å². The zero-order chi connectivity index (χ0) is 31.7. The maximum atomic E-state index is 13.7. The number of carbonyl (C=O) groups is 1. The Morgan fingerprint density at radius 1 is 1.09 bits per heavy atom. The summed E-state index contributed by atoms with van der Waals surface area (Å²) in [6, 6.07) is 11.8. The van der Waals surface area contributed by atoms with Crippen LogP contribution in [0.1, 0.15) is 65.9 Å². The van der Waals surface area contributed by atoms with Crippen molar-refractivity contribution < 1.29 is 23.8 Å². The Morgan fingerprint density at radius 2 is 1.87 bits per heavy atom. The number of anilines is 1. The number of carboxylic acids is 1. The van der Waals surface area contributed by atoms with E-state index in [4.69, 9.17) is 14.5 Å². The molecule has 0 radical (unpaired) electrons. The Labute approximate surface area is 266 Å². The molecule has 0 saturated carbocycles. The Kier molecular flexibility index (Phi) is 9.27. The number of benzene rings is 2. The maximum absolute atomic E-state index is 13.7. The molecule has 3 aliphatic rings. The van der Waals surface area contributed by atoms with Crippen LogP contribution in [-0.2, 0) is 46.8 Å². The second-order valence-corrected chi connectivity index (χ2v) is 14.0. The summed E-state index contributed by atoms with van der Waals surface area (Å²) in [5.74, 6) is -0.630. The number of rotatable bonds is 10. The minimum absolute atomic E-state index is 0.0652. The van der Waals surface area contributed by atoms with Crippen molar-refractivity contribution in [1.29, 1.82) is 0 Å². The smallest absolute Gasteiger partial charge is 0.307 e. The standard InChI is InChI=1S/C37H46FN3O4/c1-24-15-31(38)8-7-29(24)18-40-12-9-27-16-28(5-6-30(27)19-40)35-33(23-45-22-26-20-44-21-26)39-25(2)32(17-34(42)43)36(35)41-13-10-37(3,4)11-14-41/h5-8,15-16,26H,9-14,17-23H2,1-4H3,(H,42,43). The molecule has 0 amide bonds. The van der Waals surface area contributed by atoms with E-state index < -0.39 is 5.97 Å². The number of carboxylic acid groups (broad SMARTS) is 1. The minimum atomic E-state index is -0.847. The Hall–Kier alpha value is -3.33. The molecular formula is C37H46FN3O4. The second-order valence-electron chi connectivity index (χ2n) is 14.0. The molecule has 8 heteroatoms. The average Bonchev–Trinajstić information content (AvgIpc) is 2.96. The van der Waals surface area contributed by atoms with Gasteiger partial charge in [-0.15, -0.1) is 0 Å². The quantitative estimate of drug-likeness (QED) is 0.280. The van der Waals surface area contributed by atoms with Gasteiger partial charge in [0.15, 0.2) is 0 Å². The molecule has 2 aromatic carbocycles. The van der Waals surface area contributed by atoms with Crippen LogP contribution in [0.5, 0.6) is 0 Å². The highest BCUT2D eigenvalue weighted by Gasteiger charge is 2.31. The minimum Gasteiger partial charge on any atom is -0.481 e. The molecule has 2 saturated heterocycles. The molecule has 0 aliphatic carbocycles. The normalized spacial score (nSPS) is 18.5. The van der Waals surface area contributed by atoms with Crippen molar-refractivity contribution in [3.63, 3.8) is 0 Å². The number of fused-ring (bicyclic) bond motifs is 1. The van der Waals surface area contributed by atoms with Crippen LogP contribution in [0.3, 0.4) is 0 Å². The van der Waals surface area contributed by atoms with E-state index in [-0.39, 0.29) is 17.7 Å². The number of halogens is 1. The monoisotopic (exact) mass is 615 g/mol. The highest BCUT2D eigenvalue weighted by molar-refractivity contribution is 5.87. The van der Waals surface area contributed by atoms with E-state index >= 15 is 0 Å². The third-order valence-corrected chi connectivity index (χ3v) is 9.90. The number of ether oxygens (including phenoxy) is 2. The molecule has 1 aromatic heterocycles. The molecule has 1 N–H and O–H groups in total. The summed E-state index contributed by atoms with van der Waals surface area (Å²) in [5, 5.41) is 9.98. The second kappa shape index (κ2) is 13.2. The molecule has 2 fully saturated rings. The van der Waals surface area contributed by atoms with Crippen molar-refractivity contribution in [3.05, 3.63) is 81.4 Å². The molecule has 45 heavy (non-hydrogen) atoms. The van der Waals surface area contributed by atoms with Crippen LogP contribution in [0.4, 0.5) is 10.1 Å². The summed E-state index contributed by atoms with van der Waals surface area (Å²) in [6.07, 6.45) is 2.93. The molecule has 0 bridgehead atoms. The van der Waals surface area contributed by atoms with E-state index in [1.807, 2.05) is 19.9 Å². The molecule has 3 aliphatic heterocycles. The summed E-state index contributed by atoms with van der Waals surface area (Å²) in [5.41, 5.74) is 10.5. The van der Waals surface area contributed by atoms with Gasteiger partial charge in [0.2, 0.25) is 0 Å². The van der Waals surface area contributed by atoms with Gasteiger partial charge in [-0.1, -0.05) is 38.1 Å². The third kappa shape index (κ3) is 7.24. The topological polar surface area (TPSA) is 75.1 Å². The van der Waals surface area contributed by atoms with Gasteiger partial charge in [0.1, 0.15) is 5.82 Å². The molecular weight excluding hydrogens is 569 g/mol. The number of nitrogens with zero attached hydrogens (tertiary/aromatic N) is 3. The van der Waals surface area contributed by atoms with E-state index in [0.29, 0.717) is 19.1 Å². The number of aromatic nitrogens is 1. The Balaban J connectivity index is 1.36. The van der Waals surface area contributed by atoms with E-state index in [9.17, 15) is 14.3 Å². The van der Waals surface area contributed by atoms with Crippen molar-refractivity contribution in [1.82, 2.24) is 9.88 Å². The van der Waals surface area contributed by atoms with Gasteiger partial charge in [0.05, 0.1) is 44.2 Å². The van der Waals surface area contributed by atoms with Crippen molar-refractivity contribution in [3.8, 4) is 11.1 Å². The van der Waals surface area contributed by atoms with Crippen molar-refractivity contribution in [2.24, 2.45) is 11.3 Å². The van der Waals surface area contributed by atoms with Gasteiger partial charge >= 0.3 is 5.97 Å². The molecule has 0 spiro atoms. The van der Waals surface area contributed by atoms with Crippen LogP contribution in [0, 0.1) is 31.0 Å². The molecule has 240 valence electrons. The van der Waals surface area contributed by atoms with Gasteiger partial charge in [-0.2, -0.15) is 0 Å². The number of hydrogen-bond donors (Lipinski definition) is 1. The number of hydrogen-bond acceptors (Lipinski definition) is 6. The lowest BCUT2D eigenvalue weighted by Crippen LogP contribution is -2.38. The lowest BCUT2D eigenvalue weighted by Gasteiger charge is -2.40. The SMILES string of the molecule is Cc1cc(F)ccc1CN1CCc2cc(-c3c(COCC4COC4)nc(C)c(CC(=O)O)c3N3CCC(C)(C)CC3)ccc2C1. The molecule has 0 atom stereocenters. The number of aliphatic carboxylic acids is 1. The van der Waals surface area contributed by atoms with Gasteiger partial charge in [-0.25, -0.2) is 4.39 Å². The van der Waals surface area contributed by atoms with E-state index in [0.717, 1.165) is 110 Å². The third-order valence-electron chi connectivity index (χ3n) is 9.90. The summed E-state index contributed by atoms with van der Waals surface area (Å²) in [7, 11) is 0. The lowest BCUT2D eigenvalue weighted by atomic mass is 9.81. The molecule has 7 nitrogen and oxygen atoms in total. The van der Waals surface area contributed by atoms with Crippen LogP contribution in [0.25, 0.3) is 11.1 Å². The summed E-state index contributed by atoms with van der Waals surface area (Å²) >= 11 is 0. The van der Waals surface area contributed by atoms with E-state index in [1.165, 1.54) is 11.1 Å². The van der Waals surface area contributed by atoms with Gasteiger partial charge in [-0.05, 0) is 78.5 Å². The van der Waals surface area contributed by atoms with Gasteiger partial charge in [-0.3, -0.25) is 14.7 Å². The predicted molar refractivity (Wildman–Crippen MR) is 174 cm³/mol. The lowest BCUT2D eigenvalue weighted by molar-refractivity contribution is -0.136. The van der Waals surface area contributed by atoms with Crippen LogP contribution < -0.4 is 4.90 Å². The number of aryl methyl sites for hydroxylation is 2. The molecule has 6 rings (SSSR count). The summed E-state index contributed by atoms with van der Waals surface area (Å²) in [6.45, 7) is 15.3. The van der Waals surface area contributed by atoms with Crippen molar-refractivity contribution in [2.75, 3.05) is 44.4 Å². The van der Waals surface area contributed by atoms with Crippen LogP contribution in [-0.4, -0.2) is 60.4 Å². The zero-order valence-corrected chi connectivity index (χ0v) is 27.1. The predicted octanol–water partition coefficient (Wildman–Crippen LogP) is 6.48. The zero-order valence-electron chi connectivity index (χ0n) is 27.1. The van der Waals surface area contributed by atoms with E-state index in [2.05, 4.69) is 41.8 Å². The first-order chi connectivity index (χ1) is 21.6. The summed E-state index contributed by atoms with van der Waals surface area (Å²) in [4.78, 5) is 22.0. The average molecular weight is 616 g/mol. The van der Waals surface area contributed by atoms with Crippen molar-refractivity contribution >= 4 is 11.7 Å².